The maximum atomic E-state index is 11.7. The number of hydrogen-bond acceptors (Lipinski definition) is 3. The van der Waals surface area contributed by atoms with E-state index in [1.54, 1.807) is 24.3 Å². The monoisotopic (exact) mass is 254 g/mol. The fourth-order valence-electron chi connectivity index (χ4n) is 1.70. The number of nitrogens with zero attached hydrogens (tertiary/aromatic N) is 1. The van der Waals surface area contributed by atoms with Gasteiger partial charge in [0, 0.05) is 23.8 Å². The van der Waals surface area contributed by atoms with E-state index < -0.39 is 0 Å². The van der Waals surface area contributed by atoms with Crippen LogP contribution in [0.25, 0.3) is 0 Å². The van der Waals surface area contributed by atoms with E-state index >= 15 is 0 Å². The molecule has 17 heavy (non-hydrogen) atoms. The van der Waals surface area contributed by atoms with Crippen LogP contribution < -0.4 is 5.32 Å². The Labute approximate surface area is 106 Å². The molecule has 0 aromatic heterocycles. The summed E-state index contributed by atoms with van der Waals surface area (Å²) in [5, 5.41) is 3.50. The molecule has 1 saturated heterocycles. The first-order chi connectivity index (χ1) is 8.24. The average Bonchev–Trinajstić information content (AvgIpc) is 2.33. The van der Waals surface area contributed by atoms with Crippen molar-refractivity contribution in [2.24, 2.45) is 0 Å². The number of ether oxygens (including phenoxy) is 1. The summed E-state index contributed by atoms with van der Waals surface area (Å²) in [5.41, 5.74) is 0.771. The van der Waals surface area contributed by atoms with E-state index in [1.807, 2.05) is 0 Å². The van der Waals surface area contributed by atoms with Crippen molar-refractivity contribution in [3.63, 3.8) is 0 Å². The summed E-state index contributed by atoms with van der Waals surface area (Å²) in [6.45, 7) is 3.44. The van der Waals surface area contributed by atoms with Crippen LogP contribution in [0.4, 0.5) is 5.69 Å². The predicted octanol–water partition coefficient (Wildman–Crippen LogP) is 1.61. The highest BCUT2D eigenvalue weighted by Gasteiger charge is 2.13. The average molecular weight is 255 g/mol. The van der Waals surface area contributed by atoms with Crippen LogP contribution in [0.5, 0.6) is 0 Å². The van der Waals surface area contributed by atoms with Gasteiger partial charge in [0.05, 0.1) is 19.8 Å². The van der Waals surface area contributed by atoms with E-state index in [0.29, 0.717) is 24.8 Å². The van der Waals surface area contributed by atoms with Crippen LogP contribution in [-0.2, 0) is 9.53 Å². The third-order valence-electron chi connectivity index (χ3n) is 2.60. The van der Waals surface area contributed by atoms with Crippen LogP contribution in [0.1, 0.15) is 0 Å². The Morgan fingerprint density at radius 2 is 1.94 bits per heavy atom. The van der Waals surface area contributed by atoms with Gasteiger partial charge in [-0.15, -0.1) is 0 Å². The van der Waals surface area contributed by atoms with Gasteiger partial charge in [-0.2, -0.15) is 0 Å². The Morgan fingerprint density at radius 3 is 2.59 bits per heavy atom. The molecular weight excluding hydrogens is 240 g/mol. The molecule has 0 aliphatic carbocycles. The minimum atomic E-state index is -0.00535. The maximum absolute atomic E-state index is 11.7. The van der Waals surface area contributed by atoms with Gasteiger partial charge in [0.1, 0.15) is 0 Å². The van der Waals surface area contributed by atoms with Crippen molar-refractivity contribution in [1.82, 2.24) is 4.90 Å². The number of rotatable bonds is 3. The lowest BCUT2D eigenvalue weighted by Crippen LogP contribution is -2.41. The van der Waals surface area contributed by atoms with E-state index in [9.17, 15) is 4.79 Å². The van der Waals surface area contributed by atoms with Gasteiger partial charge in [-0.05, 0) is 24.3 Å². The molecule has 1 aliphatic rings. The molecule has 1 aliphatic heterocycles. The molecule has 1 fully saturated rings. The normalized spacial score (nSPS) is 16.8. The summed E-state index contributed by atoms with van der Waals surface area (Å²) in [6.07, 6.45) is 0. The smallest absolute Gasteiger partial charge is 0.238 e. The molecule has 1 aromatic carbocycles. The van der Waals surface area contributed by atoms with E-state index in [-0.39, 0.29) is 5.91 Å². The zero-order chi connectivity index (χ0) is 12.1. The highest BCUT2D eigenvalue weighted by Crippen LogP contribution is 2.13. The molecule has 0 radical (unpaired) electrons. The summed E-state index contributed by atoms with van der Waals surface area (Å²) in [6, 6.07) is 7.09. The Bertz CT molecular complexity index is 375. The second-order valence-electron chi connectivity index (χ2n) is 3.94. The van der Waals surface area contributed by atoms with E-state index in [2.05, 4.69) is 10.2 Å². The Kier molecular flexibility index (Phi) is 4.36. The molecule has 92 valence electrons. The van der Waals surface area contributed by atoms with Gasteiger partial charge in [-0.1, -0.05) is 11.6 Å². The van der Waals surface area contributed by atoms with Crippen LogP contribution in [0.3, 0.4) is 0 Å². The minimum Gasteiger partial charge on any atom is -0.379 e. The van der Waals surface area contributed by atoms with Gasteiger partial charge in [0.15, 0.2) is 0 Å². The third kappa shape index (κ3) is 4.00. The molecule has 2 rings (SSSR count). The van der Waals surface area contributed by atoms with Crippen molar-refractivity contribution < 1.29 is 9.53 Å². The lowest BCUT2D eigenvalue weighted by atomic mass is 10.3. The molecule has 0 bridgehead atoms. The number of hydrogen-bond donors (Lipinski definition) is 1. The maximum Gasteiger partial charge on any atom is 0.238 e. The van der Waals surface area contributed by atoms with Crippen molar-refractivity contribution in [1.29, 1.82) is 0 Å². The first-order valence-electron chi connectivity index (χ1n) is 5.59. The summed E-state index contributed by atoms with van der Waals surface area (Å²) < 4.78 is 5.22. The Balaban J connectivity index is 1.82. The SMILES string of the molecule is O=C(CN1CCOCC1)Nc1ccc(Cl)cc1. The van der Waals surface area contributed by atoms with Gasteiger partial charge in [-0.3, -0.25) is 9.69 Å². The number of nitrogens with one attached hydrogen (secondary N) is 1. The van der Waals surface area contributed by atoms with Crippen LogP contribution >= 0.6 is 11.6 Å². The van der Waals surface area contributed by atoms with Crippen LogP contribution in [0.2, 0.25) is 5.02 Å². The first kappa shape index (κ1) is 12.4. The minimum absolute atomic E-state index is 0.00535. The quantitative estimate of drug-likeness (QED) is 0.891. The van der Waals surface area contributed by atoms with Crippen molar-refractivity contribution >= 4 is 23.2 Å². The first-order valence-corrected chi connectivity index (χ1v) is 5.97. The van der Waals surface area contributed by atoms with Gasteiger partial charge < -0.3 is 10.1 Å². The fourth-order valence-corrected chi connectivity index (χ4v) is 1.82. The molecule has 0 atom stereocenters. The van der Waals surface area contributed by atoms with E-state index in [4.69, 9.17) is 16.3 Å². The Hall–Kier alpha value is -1.10. The van der Waals surface area contributed by atoms with Crippen molar-refractivity contribution in [3.8, 4) is 0 Å². The molecule has 0 unspecified atom stereocenters. The van der Waals surface area contributed by atoms with Crippen molar-refractivity contribution in [3.05, 3.63) is 29.3 Å². The second kappa shape index (κ2) is 6.00. The topological polar surface area (TPSA) is 41.6 Å². The number of carbonyl (C=O) groups is 1. The second-order valence-corrected chi connectivity index (χ2v) is 4.38. The molecule has 0 saturated carbocycles. The number of carbonyl (C=O) groups excluding carboxylic acids is 1. The van der Waals surface area contributed by atoms with Crippen molar-refractivity contribution in [2.75, 3.05) is 38.2 Å². The zero-order valence-corrected chi connectivity index (χ0v) is 10.2. The van der Waals surface area contributed by atoms with Gasteiger partial charge in [-0.25, -0.2) is 0 Å². The highest BCUT2D eigenvalue weighted by molar-refractivity contribution is 6.30. The number of amides is 1. The largest absolute Gasteiger partial charge is 0.379 e. The number of halogens is 1. The predicted molar refractivity (Wildman–Crippen MR) is 67.3 cm³/mol. The molecule has 1 aromatic rings. The Morgan fingerprint density at radius 1 is 1.29 bits per heavy atom. The van der Waals surface area contributed by atoms with Crippen LogP contribution in [0.15, 0.2) is 24.3 Å². The standard InChI is InChI=1S/C12H15ClN2O2/c13-10-1-3-11(4-2-10)14-12(16)9-15-5-7-17-8-6-15/h1-4H,5-9H2,(H,14,16). The number of anilines is 1. The van der Waals surface area contributed by atoms with Crippen LogP contribution in [-0.4, -0.2) is 43.7 Å². The molecule has 1 heterocycles. The number of benzene rings is 1. The van der Waals surface area contributed by atoms with E-state index in [0.717, 1.165) is 18.8 Å². The molecule has 4 nitrogen and oxygen atoms in total. The fraction of sp³-hybridized carbons (Fsp3) is 0.417. The van der Waals surface area contributed by atoms with Crippen LogP contribution in [0, 0.1) is 0 Å². The van der Waals surface area contributed by atoms with E-state index in [1.165, 1.54) is 0 Å². The highest BCUT2D eigenvalue weighted by atomic mass is 35.5. The molecule has 1 amide bonds. The molecule has 5 heteroatoms. The summed E-state index contributed by atoms with van der Waals surface area (Å²) >= 11 is 5.77. The van der Waals surface area contributed by atoms with Crippen molar-refractivity contribution in [2.45, 2.75) is 0 Å². The van der Waals surface area contributed by atoms with Gasteiger partial charge >= 0.3 is 0 Å². The molecule has 0 spiro atoms. The zero-order valence-electron chi connectivity index (χ0n) is 9.49. The summed E-state index contributed by atoms with van der Waals surface area (Å²) in [4.78, 5) is 13.8. The van der Waals surface area contributed by atoms with Gasteiger partial charge in [0.2, 0.25) is 5.91 Å². The lowest BCUT2D eigenvalue weighted by Gasteiger charge is -2.25. The van der Waals surface area contributed by atoms with Gasteiger partial charge in [0.25, 0.3) is 0 Å². The summed E-state index contributed by atoms with van der Waals surface area (Å²) in [5.74, 6) is -0.00535. The summed E-state index contributed by atoms with van der Waals surface area (Å²) in [7, 11) is 0. The number of morpholine rings is 1. The molecular formula is C12H15ClN2O2. The third-order valence-corrected chi connectivity index (χ3v) is 2.85. The lowest BCUT2D eigenvalue weighted by molar-refractivity contribution is -0.118. The molecule has 1 N–H and O–H groups in total.